The molecule has 0 radical (unpaired) electrons. The topological polar surface area (TPSA) is 90.0 Å². The quantitative estimate of drug-likeness (QED) is 0.544. The van der Waals surface area contributed by atoms with Crippen molar-refractivity contribution in [2.75, 3.05) is 5.32 Å². The Morgan fingerprint density at radius 3 is 2.89 bits per heavy atom. The van der Waals surface area contributed by atoms with Crippen molar-refractivity contribution >= 4 is 44.7 Å². The number of rotatable bonds is 4. The number of aryl methyl sites for hydroxylation is 2. The third kappa shape index (κ3) is 3.44. The Kier molecular flexibility index (Phi) is 4.74. The van der Waals surface area contributed by atoms with Crippen LogP contribution in [0.25, 0.3) is 21.7 Å². The lowest BCUT2D eigenvalue weighted by Crippen LogP contribution is -2.30. The first-order valence-corrected chi connectivity index (χ1v) is 9.60. The van der Waals surface area contributed by atoms with E-state index in [2.05, 4.69) is 15.4 Å². The molecule has 1 N–H and O–H groups in total. The summed E-state index contributed by atoms with van der Waals surface area (Å²) in [6, 6.07) is 8.70. The summed E-state index contributed by atoms with van der Waals surface area (Å²) in [7, 11) is 0. The van der Waals surface area contributed by atoms with Crippen LogP contribution in [0.5, 0.6) is 0 Å². The van der Waals surface area contributed by atoms with Gasteiger partial charge in [-0.15, -0.1) is 11.3 Å². The van der Waals surface area contributed by atoms with Gasteiger partial charge in [-0.2, -0.15) is 5.10 Å². The zero-order valence-electron chi connectivity index (χ0n) is 15.0. The lowest BCUT2D eigenvalue weighted by atomic mass is 10.2. The van der Waals surface area contributed by atoms with Crippen molar-refractivity contribution in [3.63, 3.8) is 0 Å². The fourth-order valence-corrected chi connectivity index (χ4v) is 3.87. The molecule has 142 valence electrons. The predicted molar refractivity (Wildman–Crippen MR) is 109 cm³/mol. The maximum Gasteiger partial charge on any atom is 0.294 e. The van der Waals surface area contributed by atoms with Gasteiger partial charge < -0.3 is 9.73 Å². The van der Waals surface area contributed by atoms with Gasteiger partial charge in [0.05, 0.1) is 16.0 Å². The van der Waals surface area contributed by atoms with Gasteiger partial charge in [-0.1, -0.05) is 17.7 Å². The van der Waals surface area contributed by atoms with Gasteiger partial charge in [-0.05, 0) is 43.7 Å². The smallest absolute Gasteiger partial charge is 0.294 e. The number of aromatic nitrogens is 3. The highest BCUT2D eigenvalue weighted by Crippen LogP contribution is 2.29. The van der Waals surface area contributed by atoms with E-state index in [1.807, 2.05) is 19.9 Å². The van der Waals surface area contributed by atoms with Crippen LogP contribution in [0.3, 0.4) is 0 Å². The van der Waals surface area contributed by atoms with Crippen LogP contribution in [-0.2, 0) is 11.3 Å². The van der Waals surface area contributed by atoms with Crippen LogP contribution >= 0.6 is 22.9 Å². The second kappa shape index (κ2) is 7.21. The Morgan fingerprint density at radius 1 is 1.32 bits per heavy atom. The number of hydrogen-bond acceptors (Lipinski definition) is 6. The van der Waals surface area contributed by atoms with E-state index in [-0.39, 0.29) is 12.1 Å². The third-order valence-electron chi connectivity index (χ3n) is 4.13. The molecule has 0 spiro atoms. The Balaban J connectivity index is 1.72. The van der Waals surface area contributed by atoms with Crippen LogP contribution < -0.4 is 10.9 Å². The predicted octanol–water partition coefficient (Wildman–Crippen LogP) is 4.02. The summed E-state index contributed by atoms with van der Waals surface area (Å²) in [6.45, 7) is 3.41. The number of furan rings is 1. The Bertz CT molecular complexity index is 1240. The number of benzene rings is 1. The standard InChI is InChI=1S/C19H15ClN4O3S/c1-10-5-6-12(20)8-13(10)22-15(25)9-24-19(26)17-18(28-11(2)21-17)16(23-24)14-4-3-7-27-14/h3-8H,9H2,1-2H3,(H,22,25). The first kappa shape index (κ1) is 18.4. The lowest BCUT2D eigenvalue weighted by Gasteiger charge is -2.10. The number of amides is 1. The molecule has 0 bridgehead atoms. The van der Waals surface area contributed by atoms with Gasteiger partial charge in [0.1, 0.15) is 12.2 Å². The summed E-state index contributed by atoms with van der Waals surface area (Å²) in [5.74, 6) is 0.116. The monoisotopic (exact) mass is 414 g/mol. The number of fused-ring (bicyclic) bond motifs is 1. The maximum absolute atomic E-state index is 12.8. The van der Waals surface area contributed by atoms with Crippen molar-refractivity contribution in [1.82, 2.24) is 14.8 Å². The lowest BCUT2D eigenvalue weighted by molar-refractivity contribution is -0.117. The summed E-state index contributed by atoms with van der Waals surface area (Å²) < 4.78 is 7.19. The maximum atomic E-state index is 12.8. The number of anilines is 1. The minimum Gasteiger partial charge on any atom is -0.463 e. The number of thiazole rings is 1. The van der Waals surface area contributed by atoms with Crippen LogP contribution in [-0.4, -0.2) is 20.7 Å². The highest BCUT2D eigenvalue weighted by Gasteiger charge is 2.19. The molecule has 0 fully saturated rings. The molecule has 0 saturated carbocycles. The molecule has 0 aliphatic rings. The van der Waals surface area contributed by atoms with Crippen molar-refractivity contribution in [3.05, 3.63) is 62.5 Å². The molecule has 1 amide bonds. The van der Waals surface area contributed by atoms with E-state index in [9.17, 15) is 9.59 Å². The zero-order chi connectivity index (χ0) is 19.8. The molecule has 3 aromatic heterocycles. The Hall–Kier alpha value is -2.97. The molecule has 0 aliphatic heterocycles. The van der Waals surface area contributed by atoms with Gasteiger partial charge in [-0.25, -0.2) is 9.67 Å². The van der Waals surface area contributed by atoms with Crippen LogP contribution in [0.1, 0.15) is 10.6 Å². The second-order valence-electron chi connectivity index (χ2n) is 6.21. The SMILES string of the molecule is Cc1nc2c(=O)n(CC(=O)Nc3cc(Cl)ccc3C)nc(-c3ccco3)c2s1. The fourth-order valence-electron chi connectivity index (χ4n) is 2.80. The molecule has 0 unspecified atom stereocenters. The van der Waals surface area contributed by atoms with Crippen molar-refractivity contribution in [3.8, 4) is 11.5 Å². The first-order valence-electron chi connectivity index (χ1n) is 8.40. The molecule has 28 heavy (non-hydrogen) atoms. The van der Waals surface area contributed by atoms with E-state index >= 15 is 0 Å². The average Bonchev–Trinajstić information content (AvgIpc) is 3.30. The van der Waals surface area contributed by atoms with E-state index in [0.717, 1.165) is 15.3 Å². The molecule has 0 atom stereocenters. The molecule has 3 heterocycles. The largest absolute Gasteiger partial charge is 0.463 e. The van der Waals surface area contributed by atoms with Crippen molar-refractivity contribution < 1.29 is 9.21 Å². The van der Waals surface area contributed by atoms with Gasteiger partial charge in [0, 0.05) is 10.7 Å². The van der Waals surface area contributed by atoms with Crippen molar-refractivity contribution in [1.29, 1.82) is 0 Å². The van der Waals surface area contributed by atoms with Crippen LogP contribution in [0.2, 0.25) is 5.02 Å². The average molecular weight is 415 g/mol. The first-order chi connectivity index (χ1) is 13.4. The summed E-state index contributed by atoms with van der Waals surface area (Å²) >= 11 is 7.36. The molecule has 9 heteroatoms. The van der Waals surface area contributed by atoms with E-state index < -0.39 is 11.5 Å². The molecular formula is C19H15ClN4O3S. The van der Waals surface area contributed by atoms with E-state index in [4.69, 9.17) is 16.0 Å². The van der Waals surface area contributed by atoms with Crippen molar-refractivity contribution in [2.45, 2.75) is 20.4 Å². The van der Waals surface area contributed by atoms with Crippen LogP contribution in [0.15, 0.2) is 45.8 Å². The highest BCUT2D eigenvalue weighted by molar-refractivity contribution is 7.19. The molecule has 1 aromatic carbocycles. The summed E-state index contributed by atoms with van der Waals surface area (Å²) in [5, 5.41) is 8.39. The number of halogens is 1. The normalized spacial score (nSPS) is 11.1. The molecule has 0 aliphatic carbocycles. The second-order valence-corrected chi connectivity index (χ2v) is 7.85. The fraction of sp³-hybridized carbons (Fsp3) is 0.158. The van der Waals surface area contributed by atoms with Crippen LogP contribution in [0.4, 0.5) is 5.69 Å². The molecule has 0 saturated heterocycles. The van der Waals surface area contributed by atoms with E-state index in [0.29, 0.717) is 26.9 Å². The molecule has 7 nitrogen and oxygen atoms in total. The minimum absolute atomic E-state index is 0.259. The summed E-state index contributed by atoms with van der Waals surface area (Å²) in [6.07, 6.45) is 1.53. The van der Waals surface area contributed by atoms with E-state index in [1.165, 1.54) is 17.6 Å². The Labute approximate surface area is 168 Å². The van der Waals surface area contributed by atoms with Gasteiger partial charge in [-0.3, -0.25) is 9.59 Å². The number of carbonyl (C=O) groups is 1. The summed E-state index contributed by atoms with van der Waals surface area (Å²) in [5.41, 5.74) is 1.78. The number of nitrogens with one attached hydrogen (secondary N) is 1. The molecular weight excluding hydrogens is 400 g/mol. The van der Waals surface area contributed by atoms with Gasteiger partial charge >= 0.3 is 0 Å². The zero-order valence-corrected chi connectivity index (χ0v) is 16.6. The van der Waals surface area contributed by atoms with Gasteiger partial charge in [0.2, 0.25) is 5.91 Å². The van der Waals surface area contributed by atoms with Crippen molar-refractivity contribution in [2.24, 2.45) is 0 Å². The number of nitrogens with zero attached hydrogens (tertiary/aromatic N) is 3. The minimum atomic E-state index is -0.423. The third-order valence-corrected chi connectivity index (χ3v) is 5.34. The Morgan fingerprint density at radius 2 is 2.14 bits per heavy atom. The van der Waals surface area contributed by atoms with E-state index in [1.54, 1.807) is 24.3 Å². The molecule has 4 rings (SSSR count). The summed E-state index contributed by atoms with van der Waals surface area (Å²) in [4.78, 5) is 29.6. The number of hydrogen-bond donors (Lipinski definition) is 1. The van der Waals surface area contributed by atoms with Crippen LogP contribution in [0, 0.1) is 13.8 Å². The van der Waals surface area contributed by atoms with Gasteiger partial charge in [0.25, 0.3) is 5.56 Å². The van der Waals surface area contributed by atoms with Gasteiger partial charge in [0.15, 0.2) is 11.3 Å². The number of carbonyl (C=O) groups excluding carboxylic acids is 1. The molecule has 4 aromatic rings. The highest BCUT2D eigenvalue weighted by atomic mass is 35.5.